The van der Waals surface area contributed by atoms with Crippen LogP contribution in [0.2, 0.25) is 0 Å². The number of ether oxygens (including phenoxy) is 1. The number of aliphatic hydroxyl groups excluding tert-OH is 2. The summed E-state index contributed by atoms with van der Waals surface area (Å²) < 4.78 is 5.01. The fourth-order valence-corrected chi connectivity index (χ4v) is 1.57. The molecule has 7 heteroatoms. The second kappa shape index (κ2) is 6.80. The Labute approximate surface area is 105 Å². The molecule has 2 N–H and O–H groups in total. The Morgan fingerprint density at radius 2 is 2.28 bits per heavy atom. The third kappa shape index (κ3) is 3.59. The smallest absolute Gasteiger partial charge is 0.215 e. The summed E-state index contributed by atoms with van der Waals surface area (Å²) in [5.74, 6) is 0.481. The monoisotopic (exact) mass is 252 g/mol. The van der Waals surface area contributed by atoms with Crippen molar-refractivity contribution >= 4 is 0 Å². The summed E-state index contributed by atoms with van der Waals surface area (Å²) in [5.41, 5.74) is 9.40. The number of pyridine rings is 1. The number of nitrogens with zero attached hydrogens (tertiary/aromatic N) is 4. The molecule has 2 atom stereocenters. The van der Waals surface area contributed by atoms with Crippen molar-refractivity contribution in [3.63, 3.8) is 0 Å². The first-order valence-electron chi connectivity index (χ1n) is 5.47. The lowest BCUT2D eigenvalue weighted by molar-refractivity contribution is 0.0147. The van der Waals surface area contributed by atoms with Crippen LogP contribution in [0.1, 0.15) is 23.7 Å². The van der Waals surface area contributed by atoms with E-state index in [-0.39, 0.29) is 13.0 Å². The van der Waals surface area contributed by atoms with Crippen LogP contribution in [0, 0.1) is 6.92 Å². The minimum Gasteiger partial charge on any atom is -0.481 e. The molecule has 7 nitrogen and oxygen atoms in total. The molecule has 0 bridgehead atoms. The second-order valence-corrected chi connectivity index (χ2v) is 3.85. The number of hydrogen-bond donors (Lipinski definition) is 2. The SMILES string of the molecule is COc1ncc(C(O)C(O)CCN=[N+]=[N-])cc1C. The van der Waals surface area contributed by atoms with E-state index >= 15 is 0 Å². The van der Waals surface area contributed by atoms with Crippen LogP contribution in [-0.2, 0) is 0 Å². The lowest BCUT2D eigenvalue weighted by Gasteiger charge is -2.17. The topological polar surface area (TPSA) is 111 Å². The molecule has 0 spiro atoms. The normalized spacial score (nSPS) is 13.6. The first kappa shape index (κ1) is 14.2. The van der Waals surface area contributed by atoms with Crippen LogP contribution in [0.4, 0.5) is 0 Å². The molecule has 0 amide bonds. The highest BCUT2D eigenvalue weighted by molar-refractivity contribution is 5.29. The fourth-order valence-electron chi connectivity index (χ4n) is 1.57. The number of azide groups is 1. The van der Waals surface area contributed by atoms with Gasteiger partial charge in [-0.1, -0.05) is 5.11 Å². The Morgan fingerprint density at radius 3 is 2.83 bits per heavy atom. The van der Waals surface area contributed by atoms with Gasteiger partial charge in [-0.05, 0) is 24.9 Å². The molecule has 0 aromatic carbocycles. The first-order valence-corrected chi connectivity index (χ1v) is 5.47. The maximum absolute atomic E-state index is 9.91. The molecule has 18 heavy (non-hydrogen) atoms. The van der Waals surface area contributed by atoms with Crippen LogP contribution in [0.25, 0.3) is 10.4 Å². The predicted octanol–water partition coefficient (Wildman–Crippen LogP) is 1.49. The predicted molar refractivity (Wildman–Crippen MR) is 65.1 cm³/mol. The van der Waals surface area contributed by atoms with E-state index in [9.17, 15) is 10.2 Å². The Kier molecular flexibility index (Phi) is 5.38. The maximum atomic E-state index is 9.91. The number of methoxy groups -OCH3 is 1. The minimum absolute atomic E-state index is 0.136. The number of rotatable bonds is 6. The molecular weight excluding hydrogens is 236 g/mol. The Hall–Kier alpha value is -1.82. The largest absolute Gasteiger partial charge is 0.481 e. The van der Waals surface area contributed by atoms with Crippen molar-refractivity contribution in [2.75, 3.05) is 13.7 Å². The van der Waals surface area contributed by atoms with Gasteiger partial charge < -0.3 is 14.9 Å². The van der Waals surface area contributed by atoms with Crippen LogP contribution < -0.4 is 4.74 Å². The van der Waals surface area contributed by atoms with E-state index in [0.29, 0.717) is 11.4 Å². The molecule has 1 rings (SSSR count). The second-order valence-electron chi connectivity index (χ2n) is 3.85. The van der Waals surface area contributed by atoms with Gasteiger partial charge in [-0.3, -0.25) is 0 Å². The molecule has 0 aliphatic carbocycles. The standard InChI is InChI=1S/C11H16N4O3/c1-7-5-8(6-13-11(7)18-2)10(17)9(16)3-4-14-15-12/h5-6,9-10,16-17H,3-4H2,1-2H3. The van der Waals surface area contributed by atoms with Gasteiger partial charge in [-0.15, -0.1) is 0 Å². The average Bonchev–Trinajstić information content (AvgIpc) is 2.38. The molecule has 98 valence electrons. The number of aryl methyl sites for hydroxylation is 1. The number of hydrogen-bond acceptors (Lipinski definition) is 5. The van der Waals surface area contributed by atoms with E-state index in [2.05, 4.69) is 15.0 Å². The van der Waals surface area contributed by atoms with Gasteiger partial charge >= 0.3 is 0 Å². The molecule has 1 heterocycles. The Bertz CT molecular complexity index is 446. The van der Waals surface area contributed by atoms with Gasteiger partial charge in [0.05, 0.1) is 13.2 Å². The third-order valence-electron chi connectivity index (χ3n) is 2.54. The van der Waals surface area contributed by atoms with E-state index in [4.69, 9.17) is 10.3 Å². The van der Waals surface area contributed by atoms with Gasteiger partial charge in [0.1, 0.15) is 6.10 Å². The van der Waals surface area contributed by atoms with Gasteiger partial charge in [0.25, 0.3) is 0 Å². The zero-order valence-electron chi connectivity index (χ0n) is 10.3. The lowest BCUT2D eigenvalue weighted by Crippen LogP contribution is -2.19. The summed E-state index contributed by atoms with van der Waals surface area (Å²) in [6.07, 6.45) is -0.412. The van der Waals surface area contributed by atoms with Gasteiger partial charge in [0.2, 0.25) is 5.88 Å². The Morgan fingerprint density at radius 1 is 1.56 bits per heavy atom. The highest BCUT2D eigenvalue weighted by Crippen LogP contribution is 2.22. The van der Waals surface area contributed by atoms with Gasteiger partial charge in [0, 0.05) is 28.8 Å². The van der Waals surface area contributed by atoms with E-state index in [1.54, 1.807) is 13.0 Å². The highest BCUT2D eigenvalue weighted by Gasteiger charge is 2.19. The zero-order chi connectivity index (χ0) is 13.5. The summed E-state index contributed by atoms with van der Waals surface area (Å²) in [6.45, 7) is 1.94. The highest BCUT2D eigenvalue weighted by atomic mass is 16.5. The molecule has 0 aliphatic rings. The molecule has 0 saturated heterocycles. The third-order valence-corrected chi connectivity index (χ3v) is 2.54. The number of aromatic nitrogens is 1. The Balaban J connectivity index is 2.73. The first-order chi connectivity index (χ1) is 8.60. The fraction of sp³-hybridized carbons (Fsp3) is 0.545. The zero-order valence-corrected chi connectivity index (χ0v) is 10.3. The number of aliphatic hydroxyl groups is 2. The van der Waals surface area contributed by atoms with Crippen LogP contribution >= 0.6 is 0 Å². The van der Waals surface area contributed by atoms with Gasteiger partial charge in [-0.25, -0.2) is 4.98 Å². The molecule has 0 radical (unpaired) electrons. The van der Waals surface area contributed by atoms with E-state index in [1.807, 2.05) is 0 Å². The maximum Gasteiger partial charge on any atom is 0.215 e. The molecule has 2 unspecified atom stereocenters. The van der Waals surface area contributed by atoms with Crippen LogP contribution in [0.3, 0.4) is 0 Å². The van der Waals surface area contributed by atoms with Crippen molar-refractivity contribution in [1.82, 2.24) is 4.98 Å². The summed E-state index contributed by atoms with van der Waals surface area (Å²) >= 11 is 0. The van der Waals surface area contributed by atoms with E-state index < -0.39 is 12.2 Å². The summed E-state index contributed by atoms with van der Waals surface area (Å²) in [4.78, 5) is 6.60. The van der Waals surface area contributed by atoms with E-state index in [0.717, 1.165) is 5.56 Å². The molecule has 0 fully saturated rings. The van der Waals surface area contributed by atoms with Crippen LogP contribution in [0.5, 0.6) is 5.88 Å². The molecule has 1 aromatic heterocycles. The molecular formula is C11H16N4O3. The van der Waals surface area contributed by atoms with E-state index in [1.165, 1.54) is 13.3 Å². The lowest BCUT2D eigenvalue weighted by atomic mass is 10.0. The quantitative estimate of drug-likeness (QED) is 0.453. The van der Waals surface area contributed by atoms with Gasteiger partial charge in [0.15, 0.2) is 0 Å². The van der Waals surface area contributed by atoms with Crippen molar-refractivity contribution in [2.45, 2.75) is 25.6 Å². The summed E-state index contributed by atoms with van der Waals surface area (Å²) in [6, 6.07) is 1.70. The van der Waals surface area contributed by atoms with Crippen LogP contribution in [0.15, 0.2) is 17.4 Å². The summed E-state index contributed by atoms with van der Waals surface area (Å²) in [5, 5.41) is 22.9. The molecule has 1 aromatic rings. The minimum atomic E-state index is -1.06. The van der Waals surface area contributed by atoms with Crippen LogP contribution in [-0.4, -0.2) is 35.0 Å². The van der Waals surface area contributed by atoms with Crippen molar-refractivity contribution in [1.29, 1.82) is 0 Å². The van der Waals surface area contributed by atoms with Gasteiger partial charge in [-0.2, -0.15) is 0 Å². The van der Waals surface area contributed by atoms with Crippen molar-refractivity contribution in [2.24, 2.45) is 5.11 Å². The van der Waals surface area contributed by atoms with Crippen molar-refractivity contribution in [3.05, 3.63) is 33.8 Å². The van der Waals surface area contributed by atoms with Crippen molar-refractivity contribution < 1.29 is 14.9 Å². The summed E-state index contributed by atoms with van der Waals surface area (Å²) in [7, 11) is 1.51. The molecule has 0 saturated carbocycles. The van der Waals surface area contributed by atoms with Crippen molar-refractivity contribution in [3.8, 4) is 5.88 Å². The molecule has 0 aliphatic heterocycles. The average molecular weight is 252 g/mol.